The van der Waals surface area contributed by atoms with Gasteiger partial charge in [0, 0.05) is 30.1 Å². The highest BCUT2D eigenvalue weighted by atomic mass is 16.5. The van der Waals surface area contributed by atoms with Gasteiger partial charge in [0.15, 0.2) is 0 Å². The van der Waals surface area contributed by atoms with Crippen molar-refractivity contribution in [2.45, 2.75) is 26.2 Å². The second-order valence-corrected chi connectivity index (χ2v) is 6.38. The first-order valence-corrected chi connectivity index (χ1v) is 8.60. The molecule has 2 aromatic carbocycles. The third kappa shape index (κ3) is 3.17. The SMILES string of the molecule is CCOc1ccc(C(CN)Cc2cn(C)c3ccccc23)cc1C. The van der Waals surface area contributed by atoms with Crippen molar-refractivity contribution in [1.29, 1.82) is 0 Å². The Kier molecular flexibility index (Phi) is 4.91. The third-order valence-corrected chi connectivity index (χ3v) is 4.70. The smallest absolute Gasteiger partial charge is 0.122 e. The van der Waals surface area contributed by atoms with Gasteiger partial charge < -0.3 is 15.0 Å². The first-order valence-electron chi connectivity index (χ1n) is 8.60. The molecule has 1 aromatic heterocycles. The normalized spacial score (nSPS) is 12.5. The van der Waals surface area contributed by atoms with Crippen molar-refractivity contribution < 1.29 is 4.74 Å². The minimum absolute atomic E-state index is 0.310. The topological polar surface area (TPSA) is 40.2 Å². The fraction of sp³-hybridized carbons (Fsp3) is 0.333. The van der Waals surface area contributed by atoms with Crippen LogP contribution in [0.2, 0.25) is 0 Å². The van der Waals surface area contributed by atoms with Crippen molar-refractivity contribution in [3.8, 4) is 5.75 Å². The number of hydrogen-bond acceptors (Lipinski definition) is 2. The van der Waals surface area contributed by atoms with E-state index in [-0.39, 0.29) is 0 Å². The van der Waals surface area contributed by atoms with Crippen molar-refractivity contribution in [1.82, 2.24) is 4.57 Å². The molecule has 3 rings (SSSR count). The predicted molar refractivity (Wildman–Crippen MR) is 101 cm³/mol. The highest BCUT2D eigenvalue weighted by Crippen LogP contribution is 2.29. The molecular formula is C21H26N2O. The Morgan fingerprint density at radius 2 is 1.96 bits per heavy atom. The summed E-state index contributed by atoms with van der Waals surface area (Å²) in [6, 6.07) is 15.0. The standard InChI is InChI=1S/C21H26N2O/c1-4-24-21-10-9-16(11-15(21)2)17(13-22)12-18-14-23(3)20-8-6-5-7-19(18)20/h5-11,14,17H,4,12-13,22H2,1-3H3. The van der Waals surface area contributed by atoms with Crippen molar-refractivity contribution in [3.05, 3.63) is 65.4 Å². The van der Waals surface area contributed by atoms with Crippen LogP contribution in [0.25, 0.3) is 10.9 Å². The molecule has 0 saturated heterocycles. The quantitative estimate of drug-likeness (QED) is 0.740. The van der Waals surface area contributed by atoms with E-state index in [1.54, 1.807) is 0 Å². The summed E-state index contributed by atoms with van der Waals surface area (Å²) >= 11 is 0. The molecule has 0 fully saturated rings. The number of aromatic nitrogens is 1. The highest BCUT2D eigenvalue weighted by Gasteiger charge is 2.15. The number of aryl methyl sites for hydroxylation is 2. The lowest BCUT2D eigenvalue weighted by molar-refractivity contribution is 0.337. The van der Waals surface area contributed by atoms with Gasteiger partial charge in [0.25, 0.3) is 0 Å². The summed E-state index contributed by atoms with van der Waals surface area (Å²) in [5.41, 5.74) is 11.2. The number of ether oxygens (including phenoxy) is 1. The minimum atomic E-state index is 0.310. The van der Waals surface area contributed by atoms with Crippen molar-refractivity contribution in [2.75, 3.05) is 13.2 Å². The number of nitrogens with zero attached hydrogens (tertiary/aromatic N) is 1. The van der Waals surface area contributed by atoms with Gasteiger partial charge in [0.1, 0.15) is 5.75 Å². The Hall–Kier alpha value is -2.26. The van der Waals surface area contributed by atoms with Crippen molar-refractivity contribution in [3.63, 3.8) is 0 Å². The average molecular weight is 322 g/mol. The van der Waals surface area contributed by atoms with Gasteiger partial charge >= 0.3 is 0 Å². The summed E-state index contributed by atoms with van der Waals surface area (Å²) in [4.78, 5) is 0. The molecule has 0 bridgehead atoms. The van der Waals surface area contributed by atoms with Gasteiger partial charge in [-0.25, -0.2) is 0 Å². The molecule has 24 heavy (non-hydrogen) atoms. The van der Waals surface area contributed by atoms with Crippen molar-refractivity contribution >= 4 is 10.9 Å². The molecule has 3 heteroatoms. The van der Waals surface area contributed by atoms with Gasteiger partial charge in [0.05, 0.1) is 6.61 Å². The van der Waals surface area contributed by atoms with Crippen LogP contribution >= 0.6 is 0 Å². The first kappa shape index (κ1) is 16.6. The molecule has 1 unspecified atom stereocenters. The van der Waals surface area contributed by atoms with E-state index in [2.05, 4.69) is 67.2 Å². The molecule has 1 atom stereocenters. The zero-order valence-corrected chi connectivity index (χ0v) is 14.8. The van der Waals surface area contributed by atoms with E-state index in [9.17, 15) is 0 Å². The summed E-state index contributed by atoms with van der Waals surface area (Å²) in [6.45, 7) is 5.43. The van der Waals surface area contributed by atoms with Gasteiger partial charge in [-0.05, 0) is 55.6 Å². The Labute approximate surface area is 144 Å². The summed E-state index contributed by atoms with van der Waals surface area (Å²) in [5, 5.41) is 1.32. The fourth-order valence-electron chi connectivity index (χ4n) is 3.43. The Balaban J connectivity index is 1.90. The lowest BCUT2D eigenvalue weighted by Gasteiger charge is -2.17. The number of nitrogens with two attached hydrogens (primary N) is 1. The molecule has 0 aliphatic carbocycles. The number of benzene rings is 2. The molecule has 0 saturated carbocycles. The number of rotatable bonds is 6. The molecule has 0 radical (unpaired) electrons. The summed E-state index contributed by atoms with van der Waals surface area (Å²) in [6.07, 6.45) is 3.18. The molecule has 0 aliphatic heterocycles. The first-order chi connectivity index (χ1) is 11.6. The summed E-state index contributed by atoms with van der Waals surface area (Å²) in [5.74, 6) is 1.27. The van der Waals surface area contributed by atoms with E-state index >= 15 is 0 Å². The molecule has 0 amide bonds. The monoisotopic (exact) mass is 322 g/mol. The maximum atomic E-state index is 6.11. The maximum Gasteiger partial charge on any atom is 0.122 e. The van der Waals surface area contributed by atoms with Gasteiger partial charge in [-0.3, -0.25) is 0 Å². The Morgan fingerprint density at radius 1 is 1.17 bits per heavy atom. The van der Waals surface area contributed by atoms with Crippen LogP contribution in [0.4, 0.5) is 0 Å². The van der Waals surface area contributed by atoms with E-state index < -0.39 is 0 Å². The van der Waals surface area contributed by atoms with E-state index in [0.717, 1.165) is 12.2 Å². The molecular weight excluding hydrogens is 296 g/mol. The molecule has 126 valence electrons. The molecule has 2 N–H and O–H groups in total. The molecule has 0 spiro atoms. The van der Waals surface area contributed by atoms with Crippen LogP contribution in [-0.2, 0) is 13.5 Å². The average Bonchev–Trinajstić information content (AvgIpc) is 2.91. The van der Waals surface area contributed by atoms with E-state index in [1.807, 2.05) is 6.92 Å². The van der Waals surface area contributed by atoms with E-state index in [4.69, 9.17) is 10.5 Å². The van der Waals surface area contributed by atoms with Crippen LogP contribution in [0, 0.1) is 6.92 Å². The fourth-order valence-corrected chi connectivity index (χ4v) is 3.43. The molecule has 3 nitrogen and oxygen atoms in total. The number of hydrogen-bond donors (Lipinski definition) is 1. The predicted octanol–water partition coefficient (Wildman–Crippen LogP) is 4.17. The zero-order valence-electron chi connectivity index (χ0n) is 14.8. The van der Waals surface area contributed by atoms with Crippen LogP contribution in [0.15, 0.2) is 48.7 Å². The molecule has 0 aliphatic rings. The maximum absolute atomic E-state index is 6.11. The van der Waals surface area contributed by atoms with Crippen LogP contribution < -0.4 is 10.5 Å². The summed E-state index contributed by atoms with van der Waals surface area (Å²) in [7, 11) is 2.10. The highest BCUT2D eigenvalue weighted by molar-refractivity contribution is 5.84. The Morgan fingerprint density at radius 3 is 2.67 bits per heavy atom. The second-order valence-electron chi connectivity index (χ2n) is 6.38. The van der Waals surface area contributed by atoms with E-state index in [1.165, 1.54) is 27.6 Å². The van der Waals surface area contributed by atoms with Crippen LogP contribution in [0.1, 0.15) is 29.5 Å². The second kappa shape index (κ2) is 7.10. The molecule has 1 heterocycles. The van der Waals surface area contributed by atoms with Crippen molar-refractivity contribution in [2.24, 2.45) is 12.8 Å². The molecule has 3 aromatic rings. The van der Waals surface area contributed by atoms with Gasteiger partial charge in [-0.15, -0.1) is 0 Å². The van der Waals surface area contributed by atoms with Crippen LogP contribution in [0.3, 0.4) is 0 Å². The largest absolute Gasteiger partial charge is 0.494 e. The minimum Gasteiger partial charge on any atom is -0.494 e. The third-order valence-electron chi connectivity index (χ3n) is 4.70. The summed E-state index contributed by atoms with van der Waals surface area (Å²) < 4.78 is 7.85. The number of para-hydroxylation sites is 1. The van der Waals surface area contributed by atoms with Gasteiger partial charge in [-0.1, -0.05) is 30.3 Å². The van der Waals surface area contributed by atoms with Crippen LogP contribution in [0.5, 0.6) is 5.75 Å². The zero-order chi connectivity index (χ0) is 17.1. The Bertz CT molecular complexity index is 835. The lowest BCUT2D eigenvalue weighted by Crippen LogP contribution is -2.15. The van der Waals surface area contributed by atoms with Gasteiger partial charge in [-0.2, -0.15) is 0 Å². The number of fused-ring (bicyclic) bond motifs is 1. The van der Waals surface area contributed by atoms with E-state index in [0.29, 0.717) is 19.1 Å². The van der Waals surface area contributed by atoms with Gasteiger partial charge in [0.2, 0.25) is 0 Å². The lowest BCUT2D eigenvalue weighted by atomic mass is 9.91. The van der Waals surface area contributed by atoms with Crippen LogP contribution in [-0.4, -0.2) is 17.7 Å².